The van der Waals surface area contributed by atoms with Crippen LogP contribution in [0.5, 0.6) is 0 Å². The summed E-state index contributed by atoms with van der Waals surface area (Å²) in [6.45, 7) is 4.44. The van der Waals surface area contributed by atoms with E-state index in [1.54, 1.807) is 0 Å². The third-order valence-corrected chi connectivity index (χ3v) is 2.79. The number of carboxylic acid groups (broad SMARTS) is 1. The van der Waals surface area contributed by atoms with Gasteiger partial charge in [-0.05, 0) is 24.1 Å². The lowest BCUT2D eigenvalue weighted by atomic mass is 10.1. The maximum Gasteiger partial charge on any atom is 0.335 e. The van der Waals surface area contributed by atoms with E-state index >= 15 is 0 Å². The maximum atomic E-state index is 12.1. The second-order valence-corrected chi connectivity index (χ2v) is 5.25. The summed E-state index contributed by atoms with van der Waals surface area (Å²) in [6, 6.07) is 5.74. The molecule has 0 aliphatic carbocycles. The summed E-state index contributed by atoms with van der Waals surface area (Å²) in [5.74, 6) is -1.39. The minimum atomic E-state index is -1.10. The lowest BCUT2D eigenvalue weighted by Gasteiger charge is -2.17. The molecule has 6 heteroatoms. The lowest BCUT2D eigenvalue weighted by Crippen LogP contribution is -2.39. The summed E-state index contributed by atoms with van der Waals surface area (Å²) in [7, 11) is 1.50. The van der Waals surface area contributed by atoms with Gasteiger partial charge in [0.1, 0.15) is 0 Å². The molecular weight excluding hydrogens is 272 g/mol. The van der Waals surface area contributed by atoms with Gasteiger partial charge in [0.05, 0.1) is 12.1 Å². The van der Waals surface area contributed by atoms with Crippen LogP contribution in [0, 0.1) is 5.92 Å². The lowest BCUT2D eigenvalue weighted by molar-refractivity contribution is -0.121. The van der Waals surface area contributed by atoms with Gasteiger partial charge in [0, 0.05) is 19.2 Å². The third-order valence-electron chi connectivity index (χ3n) is 2.79. The monoisotopic (exact) mass is 292 g/mol. The zero-order valence-corrected chi connectivity index (χ0v) is 12.4. The summed E-state index contributed by atoms with van der Waals surface area (Å²) >= 11 is 0. The molecule has 1 rings (SSSR count). The van der Waals surface area contributed by atoms with Gasteiger partial charge in [0.2, 0.25) is 5.91 Å². The second-order valence-electron chi connectivity index (χ2n) is 5.25. The molecule has 0 saturated heterocycles. The summed E-state index contributed by atoms with van der Waals surface area (Å²) in [6.07, 6.45) is 0. The minimum Gasteiger partial charge on any atom is -0.478 e. The van der Waals surface area contributed by atoms with E-state index in [9.17, 15) is 14.4 Å². The largest absolute Gasteiger partial charge is 0.478 e. The minimum absolute atomic E-state index is 0.0403. The van der Waals surface area contributed by atoms with Gasteiger partial charge in [-0.25, -0.2) is 4.79 Å². The van der Waals surface area contributed by atoms with Gasteiger partial charge in [0.25, 0.3) is 5.91 Å². The van der Waals surface area contributed by atoms with E-state index in [2.05, 4.69) is 5.32 Å². The number of hydrogen-bond acceptors (Lipinski definition) is 3. The Kier molecular flexibility index (Phi) is 5.90. The first-order valence-corrected chi connectivity index (χ1v) is 6.66. The predicted molar refractivity (Wildman–Crippen MR) is 78.2 cm³/mol. The van der Waals surface area contributed by atoms with Gasteiger partial charge < -0.3 is 15.3 Å². The summed E-state index contributed by atoms with van der Waals surface area (Å²) < 4.78 is 0. The average Bonchev–Trinajstić information content (AvgIpc) is 2.44. The fraction of sp³-hybridized carbons (Fsp3) is 0.400. The number of benzene rings is 1. The number of nitrogens with zero attached hydrogens (tertiary/aromatic N) is 1. The number of amides is 2. The highest BCUT2D eigenvalue weighted by Crippen LogP contribution is 2.08. The van der Waals surface area contributed by atoms with Gasteiger partial charge in [0.15, 0.2) is 0 Å². The van der Waals surface area contributed by atoms with Crippen LogP contribution in [0.15, 0.2) is 24.3 Å². The highest BCUT2D eigenvalue weighted by molar-refractivity contribution is 5.98. The number of carboxylic acids is 1. The van der Waals surface area contributed by atoms with E-state index in [0.29, 0.717) is 12.5 Å². The first kappa shape index (κ1) is 16.7. The quantitative estimate of drug-likeness (QED) is 0.825. The van der Waals surface area contributed by atoms with E-state index in [1.165, 1.54) is 36.2 Å². The Morgan fingerprint density at radius 2 is 1.86 bits per heavy atom. The van der Waals surface area contributed by atoms with Gasteiger partial charge in [-0.3, -0.25) is 9.59 Å². The SMILES string of the molecule is CC(C)CNC(=O)CN(C)C(=O)c1cccc(C(=O)O)c1. The zero-order valence-electron chi connectivity index (χ0n) is 12.4. The molecule has 114 valence electrons. The molecule has 0 aliphatic heterocycles. The molecule has 21 heavy (non-hydrogen) atoms. The van der Waals surface area contributed by atoms with Crippen LogP contribution in [-0.2, 0) is 4.79 Å². The van der Waals surface area contributed by atoms with Crippen LogP contribution < -0.4 is 5.32 Å². The van der Waals surface area contributed by atoms with Crippen LogP contribution in [0.3, 0.4) is 0 Å². The molecule has 0 bridgehead atoms. The first-order chi connectivity index (χ1) is 9.81. The topological polar surface area (TPSA) is 86.7 Å². The van der Waals surface area contributed by atoms with Gasteiger partial charge in [-0.2, -0.15) is 0 Å². The number of rotatable bonds is 6. The summed E-state index contributed by atoms with van der Waals surface area (Å²) in [4.78, 5) is 36.0. The van der Waals surface area contributed by atoms with Crippen molar-refractivity contribution in [1.82, 2.24) is 10.2 Å². The molecule has 1 aromatic rings. The average molecular weight is 292 g/mol. The molecule has 2 N–H and O–H groups in total. The van der Waals surface area contributed by atoms with E-state index in [0.717, 1.165) is 0 Å². The molecule has 6 nitrogen and oxygen atoms in total. The van der Waals surface area contributed by atoms with Crippen LogP contribution in [0.1, 0.15) is 34.6 Å². The van der Waals surface area contributed by atoms with Crippen LogP contribution in [0.25, 0.3) is 0 Å². The Morgan fingerprint density at radius 1 is 1.24 bits per heavy atom. The Hall–Kier alpha value is -2.37. The fourth-order valence-electron chi connectivity index (χ4n) is 1.67. The van der Waals surface area contributed by atoms with Gasteiger partial charge in [-0.1, -0.05) is 19.9 Å². The van der Waals surface area contributed by atoms with E-state index in [4.69, 9.17) is 5.11 Å². The smallest absolute Gasteiger partial charge is 0.335 e. The van der Waals surface area contributed by atoms with Gasteiger partial charge >= 0.3 is 5.97 Å². The zero-order chi connectivity index (χ0) is 16.0. The molecule has 0 unspecified atom stereocenters. The van der Waals surface area contributed by atoms with Crippen LogP contribution >= 0.6 is 0 Å². The molecule has 0 heterocycles. The maximum absolute atomic E-state index is 12.1. The van der Waals surface area contributed by atoms with E-state index in [1.807, 2.05) is 13.8 Å². The molecule has 0 atom stereocenters. The Balaban J connectivity index is 2.68. The molecule has 0 saturated carbocycles. The molecular formula is C15H20N2O4. The van der Waals surface area contributed by atoms with E-state index < -0.39 is 11.9 Å². The summed E-state index contributed by atoms with van der Waals surface area (Å²) in [5.41, 5.74) is 0.285. The number of likely N-dealkylation sites (N-methyl/N-ethyl adjacent to an activating group) is 1. The van der Waals surface area contributed by atoms with Crippen molar-refractivity contribution in [2.24, 2.45) is 5.92 Å². The van der Waals surface area contributed by atoms with Crippen molar-refractivity contribution in [3.63, 3.8) is 0 Å². The van der Waals surface area contributed by atoms with Crippen LogP contribution in [0.2, 0.25) is 0 Å². The molecule has 0 spiro atoms. The first-order valence-electron chi connectivity index (χ1n) is 6.66. The molecule has 0 aliphatic rings. The van der Waals surface area contributed by atoms with Crippen molar-refractivity contribution < 1.29 is 19.5 Å². The van der Waals surface area contributed by atoms with Crippen molar-refractivity contribution >= 4 is 17.8 Å². The van der Waals surface area contributed by atoms with Crippen molar-refractivity contribution in [3.05, 3.63) is 35.4 Å². The molecule has 2 amide bonds. The highest BCUT2D eigenvalue weighted by atomic mass is 16.4. The van der Waals surface area contributed by atoms with Crippen LogP contribution in [0.4, 0.5) is 0 Å². The van der Waals surface area contributed by atoms with Crippen molar-refractivity contribution in [1.29, 1.82) is 0 Å². The van der Waals surface area contributed by atoms with E-state index in [-0.39, 0.29) is 23.6 Å². The number of hydrogen-bond donors (Lipinski definition) is 2. The second kappa shape index (κ2) is 7.42. The molecule has 0 aromatic heterocycles. The molecule has 0 fully saturated rings. The predicted octanol–water partition coefficient (Wildman–Crippen LogP) is 1.23. The molecule has 0 radical (unpaired) electrons. The van der Waals surface area contributed by atoms with Crippen molar-refractivity contribution in [2.75, 3.05) is 20.1 Å². The van der Waals surface area contributed by atoms with Crippen molar-refractivity contribution in [3.8, 4) is 0 Å². The van der Waals surface area contributed by atoms with Crippen molar-refractivity contribution in [2.45, 2.75) is 13.8 Å². The fourth-order valence-corrected chi connectivity index (χ4v) is 1.67. The number of carbonyl (C=O) groups is 3. The normalized spacial score (nSPS) is 10.3. The number of carbonyl (C=O) groups excluding carboxylic acids is 2. The standard InChI is InChI=1S/C15H20N2O4/c1-10(2)8-16-13(18)9-17(3)14(19)11-5-4-6-12(7-11)15(20)21/h4-7,10H,8-9H2,1-3H3,(H,16,18)(H,20,21). The number of nitrogens with one attached hydrogen (secondary N) is 1. The molecule has 1 aromatic carbocycles. The Bertz CT molecular complexity index is 540. The Morgan fingerprint density at radius 3 is 2.43 bits per heavy atom. The highest BCUT2D eigenvalue weighted by Gasteiger charge is 2.16. The number of aromatic carboxylic acids is 1. The Labute approximate surface area is 123 Å². The third kappa shape index (κ3) is 5.25. The summed E-state index contributed by atoms with van der Waals surface area (Å²) in [5, 5.41) is 11.6. The van der Waals surface area contributed by atoms with Gasteiger partial charge in [-0.15, -0.1) is 0 Å². The van der Waals surface area contributed by atoms with Crippen LogP contribution in [-0.4, -0.2) is 47.9 Å².